The summed E-state index contributed by atoms with van der Waals surface area (Å²) in [6.45, 7) is 10.1. The minimum atomic E-state index is -4.79. The molecule has 4 N–H and O–H groups in total. The van der Waals surface area contributed by atoms with Crippen molar-refractivity contribution in [2.24, 2.45) is 46.3 Å². The Morgan fingerprint density at radius 3 is 2.26 bits per heavy atom. The molecule has 0 radical (unpaired) electrons. The van der Waals surface area contributed by atoms with Crippen molar-refractivity contribution in [1.82, 2.24) is 0 Å². The number of fused-ring (bicyclic) bond motifs is 5. The van der Waals surface area contributed by atoms with Crippen LogP contribution in [0.5, 0.6) is 0 Å². The van der Waals surface area contributed by atoms with Crippen molar-refractivity contribution in [2.45, 2.75) is 110 Å². The third kappa shape index (κ3) is 6.14. The average molecular weight is 595 g/mol. The zero-order chi connectivity index (χ0) is 29.2. The summed E-state index contributed by atoms with van der Waals surface area (Å²) < 4.78 is 73.1. The SMILES string of the molecule is CC(C)C(O)(CC[C@@H](C)[C@H]1CC[C@H]2[C@@H]3CC=C4CC(O)(OS(=O)(=O)O)CC[C@]4(C)[C@H]3CC[C@]12C)OS(=O)(=O)O. The molecule has 12 heteroatoms. The highest BCUT2D eigenvalue weighted by molar-refractivity contribution is 7.81. The molecule has 0 aromatic rings. The van der Waals surface area contributed by atoms with Crippen molar-refractivity contribution in [3.05, 3.63) is 11.6 Å². The molecule has 0 heterocycles. The lowest BCUT2D eigenvalue weighted by Gasteiger charge is -2.59. The van der Waals surface area contributed by atoms with Crippen LogP contribution in [0.15, 0.2) is 11.6 Å². The van der Waals surface area contributed by atoms with E-state index in [0.29, 0.717) is 36.5 Å². The molecule has 0 saturated heterocycles. The Labute approximate surface area is 233 Å². The molecule has 226 valence electrons. The Hall–Kier alpha value is -0.600. The van der Waals surface area contributed by atoms with Gasteiger partial charge in [-0.25, -0.2) is 8.37 Å². The van der Waals surface area contributed by atoms with Gasteiger partial charge >= 0.3 is 20.8 Å². The number of hydrogen-bond acceptors (Lipinski definition) is 8. The molecule has 3 fully saturated rings. The lowest BCUT2D eigenvalue weighted by atomic mass is 9.46. The molecule has 0 aromatic heterocycles. The molecule has 4 aliphatic carbocycles. The third-order valence-corrected chi connectivity index (χ3v) is 12.3. The zero-order valence-electron chi connectivity index (χ0n) is 23.7. The van der Waals surface area contributed by atoms with Crippen LogP contribution in [0.4, 0.5) is 0 Å². The second kappa shape index (κ2) is 10.3. The molecule has 2 unspecified atom stereocenters. The molecule has 4 aliphatic rings. The van der Waals surface area contributed by atoms with Gasteiger partial charge in [-0.05, 0) is 85.4 Å². The highest BCUT2D eigenvalue weighted by Gasteiger charge is 2.60. The van der Waals surface area contributed by atoms with Crippen LogP contribution in [-0.4, -0.2) is 47.7 Å². The Bertz CT molecular complexity index is 1180. The van der Waals surface area contributed by atoms with E-state index in [1.165, 1.54) is 0 Å². The number of aliphatic hydroxyl groups is 2. The second-order valence-electron chi connectivity index (χ2n) is 13.6. The Balaban J connectivity index is 1.48. The lowest BCUT2D eigenvalue weighted by molar-refractivity contribution is -0.179. The van der Waals surface area contributed by atoms with E-state index in [2.05, 4.69) is 31.0 Å². The summed E-state index contributed by atoms with van der Waals surface area (Å²) >= 11 is 0. The van der Waals surface area contributed by atoms with Crippen molar-refractivity contribution in [1.29, 1.82) is 0 Å². The summed E-state index contributed by atoms with van der Waals surface area (Å²) in [5.74, 6) is -2.38. The summed E-state index contributed by atoms with van der Waals surface area (Å²) in [5.41, 5.74) is 0.953. The summed E-state index contributed by atoms with van der Waals surface area (Å²) in [6, 6.07) is 0. The van der Waals surface area contributed by atoms with Crippen LogP contribution in [0, 0.1) is 46.3 Å². The average Bonchev–Trinajstić information content (AvgIpc) is 3.13. The topological polar surface area (TPSA) is 168 Å². The smallest absolute Gasteiger partial charge is 0.364 e. The number of rotatable bonds is 9. The second-order valence-corrected chi connectivity index (χ2v) is 15.7. The van der Waals surface area contributed by atoms with Gasteiger partial charge in [-0.2, -0.15) is 16.8 Å². The first-order chi connectivity index (χ1) is 17.7. The zero-order valence-corrected chi connectivity index (χ0v) is 25.3. The lowest BCUT2D eigenvalue weighted by Crippen LogP contribution is -2.53. The maximum atomic E-state index is 11.4. The van der Waals surface area contributed by atoms with E-state index in [0.717, 1.165) is 37.7 Å². The van der Waals surface area contributed by atoms with E-state index in [-0.39, 0.29) is 36.0 Å². The Morgan fingerprint density at radius 2 is 1.67 bits per heavy atom. The van der Waals surface area contributed by atoms with E-state index in [1.807, 2.05) is 0 Å². The first-order valence-electron chi connectivity index (χ1n) is 14.2. The monoisotopic (exact) mass is 594 g/mol. The van der Waals surface area contributed by atoms with Crippen molar-refractivity contribution in [3.63, 3.8) is 0 Å². The van der Waals surface area contributed by atoms with Gasteiger partial charge in [0.05, 0.1) is 0 Å². The maximum absolute atomic E-state index is 11.4. The standard InChI is InChI=1S/C27H46O10S2/c1-17(2)27(29,37-39(33,34)35)13-10-18(3)21-8-9-22-20-7-6-19-16-26(28,36-38(30,31)32)15-14-24(19,4)23(20)11-12-25(21,22)5/h6,17-18,20-23,28-29H,7-16H2,1-5H3,(H,30,31,32)(H,33,34,35)/t18-,20+,21-,22+,23+,24+,25-,26?,27?/m1/s1. The maximum Gasteiger partial charge on any atom is 0.400 e. The van der Waals surface area contributed by atoms with Crippen molar-refractivity contribution in [2.75, 3.05) is 0 Å². The van der Waals surface area contributed by atoms with Crippen molar-refractivity contribution >= 4 is 20.8 Å². The molecule has 0 aliphatic heterocycles. The largest absolute Gasteiger partial charge is 0.400 e. The number of allylic oxidation sites excluding steroid dienone is 1. The van der Waals surface area contributed by atoms with Gasteiger partial charge in [0.1, 0.15) is 0 Å². The predicted octanol–water partition coefficient (Wildman–Crippen LogP) is 4.65. The van der Waals surface area contributed by atoms with E-state index in [4.69, 9.17) is 8.74 Å². The minimum Gasteiger partial charge on any atom is -0.364 e. The van der Waals surface area contributed by atoms with Crippen LogP contribution in [0.1, 0.15) is 98.8 Å². The highest BCUT2D eigenvalue weighted by Crippen LogP contribution is 2.68. The van der Waals surface area contributed by atoms with Gasteiger partial charge in [-0.15, -0.1) is 0 Å². The fraction of sp³-hybridized carbons (Fsp3) is 0.926. The fourth-order valence-corrected chi connectivity index (χ4v) is 10.3. The van der Waals surface area contributed by atoms with E-state index in [9.17, 15) is 31.6 Å². The number of hydrogen-bond donors (Lipinski definition) is 4. The van der Waals surface area contributed by atoms with E-state index >= 15 is 0 Å². The minimum absolute atomic E-state index is 0.0680. The predicted molar refractivity (Wildman–Crippen MR) is 144 cm³/mol. The fourth-order valence-electron chi connectivity index (χ4n) is 9.10. The molecular weight excluding hydrogens is 548 g/mol. The van der Waals surface area contributed by atoms with Crippen LogP contribution < -0.4 is 0 Å². The van der Waals surface area contributed by atoms with Gasteiger partial charge in [-0.1, -0.05) is 46.3 Å². The molecule has 4 rings (SSSR count). The molecule has 10 nitrogen and oxygen atoms in total. The van der Waals surface area contributed by atoms with Gasteiger partial charge in [0.2, 0.25) is 0 Å². The molecule has 0 bridgehead atoms. The van der Waals surface area contributed by atoms with Crippen LogP contribution >= 0.6 is 0 Å². The van der Waals surface area contributed by atoms with Gasteiger partial charge in [-0.3, -0.25) is 9.11 Å². The van der Waals surface area contributed by atoms with Crippen molar-refractivity contribution < 1.29 is 44.5 Å². The summed E-state index contributed by atoms with van der Waals surface area (Å²) in [6.07, 6.45) is 8.69. The normalized spacial score (nSPS) is 41.2. The van der Waals surface area contributed by atoms with E-state index in [1.54, 1.807) is 13.8 Å². The first kappa shape index (κ1) is 31.3. The molecule has 0 amide bonds. The van der Waals surface area contributed by atoms with Crippen molar-refractivity contribution in [3.8, 4) is 0 Å². The van der Waals surface area contributed by atoms with E-state index < -0.39 is 38.3 Å². The molecule has 0 spiro atoms. The van der Waals surface area contributed by atoms with Crippen LogP contribution in [0.3, 0.4) is 0 Å². The van der Waals surface area contributed by atoms with Gasteiger partial charge in [0, 0.05) is 25.2 Å². The summed E-state index contributed by atoms with van der Waals surface area (Å²) in [7, 11) is -9.56. The quantitative estimate of drug-likeness (QED) is 0.167. The summed E-state index contributed by atoms with van der Waals surface area (Å²) in [4.78, 5) is 0. The van der Waals surface area contributed by atoms with Gasteiger partial charge < -0.3 is 10.2 Å². The van der Waals surface area contributed by atoms with Crippen LogP contribution in [0.25, 0.3) is 0 Å². The Morgan fingerprint density at radius 1 is 1.00 bits per heavy atom. The third-order valence-electron chi connectivity index (χ3n) is 11.3. The highest BCUT2D eigenvalue weighted by atomic mass is 32.3. The Kier molecular flexibility index (Phi) is 8.27. The van der Waals surface area contributed by atoms with Gasteiger partial charge in [0.25, 0.3) is 0 Å². The molecular formula is C27H46O10S2. The first-order valence-corrected chi connectivity index (χ1v) is 16.9. The molecule has 9 atom stereocenters. The molecule has 3 saturated carbocycles. The van der Waals surface area contributed by atoms with Gasteiger partial charge in [0.15, 0.2) is 11.6 Å². The van der Waals surface area contributed by atoms with Crippen LogP contribution in [0.2, 0.25) is 0 Å². The summed E-state index contributed by atoms with van der Waals surface area (Å²) in [5, 5.41) is 21.6. The van der Waals surface area contributed by atoms with Crippen LogP contribution in [-0.2, 0) is 29.2 Å². The molecule has 0 aromatic carbocycles. The molecule has 39 heavy (non-hydrogen) atoms.